The number of anilines is 2. The van der Waals surface area contributed by atoms with Crippen molar-refractivity contribution in [3.63, 3.8) is 0 Å². The number of rotatable bonds is 9. The van der Waals surface area contributed by atoms with Gasteiger partial charge >= 0.3 is 17.9 Å². The lowest BCUT2D eigenvalue weighted by atomic mass is 9.74. The van der Waals surface area contributed by atoms with Gasteiger partial charge < -0.3 is 35.1 Å². The molecule has 0 bridgehead atoms. The van der Waals surface area contributed by atoms with Gasteiger partial charge in [0.2, 0.25) is 11.8 Å². The third kappa shape index (κ3) is 7.31. The number of para-hydroxylation sites is 2. The van der Waals surface area contributed by atoms with Gasteiger partial charge in [-0.2, -0.15) is 0 Å². The monoisotopic (exact) mass is 638 g/mol. The van der Waals surface area contributed by atoms with Crippen LogP contribution >= 0.6 is 0 Å². The molecule has 248 valence electrons. The lowest BCUT2D eigenvalue weighted by Crippen LogP contribution is -2.49. The molecule has 1 saturated heterocycles. The van der Waals surface area contributed by atoms with Gasteiger partial charge in [0, 0.05) is 63.9 Å². The summed E-state index contributed by atoms with van der Waals surface area (Å²) in [4.78, 5) is 64.8. The number of likely N-dealkylation sites (N-methyl/N-ethyl adjacent to an activating group) is 2. The first kappa shape index (κ1) is 34.4. The maximum atomic E-state index is 13.4. The van der Waals surface area contributed by atoms with E-state index < -0.39 is 42.4 Å². The number of piperidine rings is 1. The van der Waals surface area contributed by atoms with E-state index in [4.69, 9.17) is 20.4 Å². The number of carbonyl (C=O) groups excluding carboxylic acids is 2. The largest absolute Gasteiger partial charge is 0.481 e. The van der Waals surface area contributed by atoms with E-state index >= 15 is 0 Å². The molecule has 46 heavy (non-hydrogen) atoms. The lowest BCUT2D eigenvalue weighted by molar-refractivity contribution is -0.170. The highest BCUT2D eigenvalue weighted by Gasteiger charge is 2.44. The zero-order chi connectivity index (χ0) is 33.8. The molecular formula is C33H42N4O9. The Hall–Kier alpha value is -4.49. The minimum absolute atomic E-state index is 0.0107. The molecular weight excluding hydrogens is 596 g/mol. The van der Waals surface area contributed by atoms with Crippen LogP contribution in [0.25, 0.3) is 0 Å². The number of carboxylic acid groups (broad SMARTS) is 3. The van der Waals surface area contributed by atoms with Gasteiger partial charge in [-0.25, -0.2) is 4.79 Å². The number of aliphatic carboxylic acids is 3. The van der Waals surface area contributed by atoms with Gasteiger partial charge in [-0.05, 0) is 49.2 Å². The van der Waals surface area contributed by atoms with Crippen molar-refractivity contribution in [2.24, 2.45) is 0 Å². The van der Waals surface area contributed by atoms with Crippen molar-refractivity contribution in [2.45, 2.75) is 55.6 Å². The maximum absolute atomic E-state index is 13.4. The van der Waals surface area contributed by atoms with Crippen molar-refractivity contribution >= 4 is 41.1 Å². The number of carboxylic acids is 3. The minimum atomic E-state index is -2.74. The third-order valence-electron chi connectivity index (χ3n) is 9.14. The van der Waals surface area contributed by atoms with Crippen LogP contribution in [-0.2, 0) is 35.8 Å². The molecule has 5 rings (SSSR count). The number of amides is 2. The minimum Gasteiger partial charge on any atom is -0.481 e. The second-order valence-corrected chi connectivity index (χ2v) is 12.6. The first-order chi connectivity index (χ1) is 21.7. The van der Waals surface area contributed by atoms with E-state index in [-0.39, 0.29) is 17.2 Å². The summed E-state index contributed by atoms with van der Waals surface area (Å²) in [5, 5.41) is 33.8. The van der Waals surface area contributed by atoms with Crippen LogP contribution in [0, 0.1) is 0 Å². The first-order valence-corrected chi connectivity index (χ1v) is 15.2. The SMILES string of the molecule is CN(C)C(=O)[C@@H]1Cc2ccccc2N1C(=O)CCN1CCC2(CC1)CN(C)c1ccccc12.O=C(O)CC(O)(CC(=O)O)C(=O)O. The maximum Gasteiger partial charge on any atom is 0.336 e. The van der Waals surface area contributed by atoms with Gasteiger partial charge in [-0.1, -0.05) is 36.4 Å². The van der Waals surface area contributed by atoms with Crippen LogP contribution in [0.4, 0.5) is 11.4 Å². The molecule has 1 atom stereocenters. The number of likely N-dealkylation sites (tertiary alicyclic amines) is 1. The van der Waals surface area contributed by atoms with E-state index in [1.54, 1.807) is 23.9 Å². The number of benzene rings is 2. The normalized spacial score (nSPS) is 18.3. The Labute approximate surface area is 267 Å². The van der Waals surface area contributed by atoms with E-state index in [0.717, 1.165) is 50.3 Å². The van der Waals surface area contributed by atoms with Crippen LogP contribution in [0.1, 0.15) is 43.2 Å². The zero-order valence-electron chi connectivity index (χ0n) is 26.4. The average molecular weight is 639 g/mol. The van der Waals surface area contributed by atoms with Crippen LogP contribution < -0.4 is 9.80 Å². The predicted octanol–water partition coefficient (Wildman–Crippen LogP) is 1.66. The highest BCUT2D eigenvalue weighted by molar-refractivity contribution is 6.03. The van der Waals surface area contributed by atoms with Gasteiger partial charge in [-0.15, -0.1) is 0 Å². The predicted molar refractivity (Wildman–Crippen MR) is 169 cm³/mol. The van der Waals surface area contributed by atoms with Crippen molar-refractivity contribution < 1.29 is 44.4 Å². The molecule has 0 saturated carbocycles. The van der Waals surface area contributed by atoms with Crippen LogP contribution in [0.3, 0.4) is 0 Å². The van der Waals surface area contributed by atoms with Crippen molar-refractivity contribution in [2.75, 3.05) is 57.1 Å². The quantitative estimate of drug-likeness (QED) is 0.314. The topological polar surface area (TPSA) is 179 Å². The zero-order valence-corrected chi connectivity index (χ0v) is 26.4. The van der Waals surface area contributed by atoms with Gasteiger partial charge in [0.25, 0.3) is 0 Å². The van der Waals surface area contributed by atoms with E-state index in [1.807, 2.05) is 24.3 Å². The van der Waals surface area contributed by atoms with Crippen LogP contribution in [-0.4, -0.2) is 119 Å². The summed E-state index contributed by atoms with van der Waals surface area (Å²) in [6, 6.07) is 16.3. The Kier molecular flexibility index (Phi) is 10.4. The molecule has 13 heteroatoms. The smallest absolute Gasteiger partial charge is 0.336 e. The molecule has 0 aliphatic carbocycles. The van der Waals surface area contributed by atoms with Gasteiger partial charge in [-0.3, -0.25) is 24.1 Å². The van der Waals surface area contributed by atoms with Crippen molar-refractivity contribution in [1.29, 1.82) is 0 Å². The summed E-state index contributed by atoms with van der Waals surface area (Å²) >= 11 is 0. The Morgan fingerprint density at radius 1 is 0.891 bits per heavy atom. The number of nitrogens with zero attached hydrogens (tertiary/aromatic N) is 4. The molecule has 3 aliphatic heterocycles. The van der Waals surface area contributed by atoms with Crippen molar-refractivity contribution in [1.82, 2.24) is 9.80 Å². The summed E-state index contributed by atoms with van der Waals surface area (Å²) in [5.74, 6) is -4.98. The average Bonchev–Trinajstić information content (AvgIpc) is 3.51. The fraction of sp³-hybridized carbons (Fsp3) is 0.485. The van der Waals surface area contributed by atoms with Crippen LogP contribution in [0.5, 0.6) is 0 Å². The van der Waals surface area contributed by atoms with E-state index in [1.165, 1.54) is 11.3 Å². The van der Waals surface area contributed by atoms with Crippen molar-refractivity contribution in [3.8, 4) is 0 Å². The Bertz CT molecular complexity index is 1470. The number of aliphatic hydroxyl groups is 1. The molecule has 2 aromatic rings. The van der Waals surface area contributed by atoms with Crippen LogP contribution in [0.15, 0.2) is 48.5 Å². The van der Waals surface area contributed by atoms with Gasteiger partial charge in [0.1, 0.15) is 6.04 Å². The molecule has 3 aliphatic rings. The van der Waals surface area contributed by atoms with Gasteiger partial charge in [0.05, 0.1) is 12.8 Å². The molecule has 3 heterocycles. The second-order valence-electron chi connectivity index (χ2n) is 12.6. The van der Waals surface area contributed by atoms with Crippen molar-refractivity contribution in [3.05, 3.63) is 59.7 Å². The van der Waals surface area contributed by atoms with Crippen LogP contribution in [0.2, 0.25) is 0 Å². The summed E-state index contributed by atoms with van der Waals surface area (Å²) in [6.07, 6.45) is 0.990. The third-order valence-corrected chi connectivity index (χ3v) is 9.14. The highest BCUT2D eigenvalue weighted by Crippen LogP contribution is 2.46. The van der Waals surface area contributed by atoms with E-state index in [2.05, 4.69) is 41.1 Å². The fourth-order valence-corrected chi connectivity index (χ4v) is 6.79. The Balaban J connectivity index is 0.000000315. The summed E-state index contributed by atoms with van der Waals surface area (Å²) in [6.45, 7) is 3.84. The van der Waals surface area contributed by atoms with E-state index in [9.17, 15) is 24.0 Å². The number of hydrogen-bond donors (Lipinski definition) is 4. The standard InChI is InChI=1S/C27H34N4O2.C6H8O7/c1-28(2)26(33)24-18-20-8-4-6-10-22(20)31(24)25(32)12-15-30-16-13-27(14-17-30)19-29(3)23-11-7-5-9-21(23)27;7-3(8)1-6(13,5(11)12)2-4(9)10/h4-11,24H,12-19H2,1-3H3;13H,1-2H2,(H,7,8)(H,9,10)(H,11,12)/t24-;/m0./s1. The molecule has 0 unspecified atom stereocenters. The summed E-state index contributed by atoms with van der Waals surface area (Å²) < 4.78 is 0. The summed E-state index contributed by atoms with van der Waals surface area (Å²) in [7, 11) is 5.71. The second kappa shape index (κ2) is 13.9. The first-order valence-electron chi connectivity index (χ1n) is 15.2. The molecule has 2 aromatic carbocycles. The molecule has 0 radical (unpaired) electrons. The molecule has 1 fully saturated rings. The Morgan fingerprint density at radius 2 is 1.46 bits per heavy atom. The number of hydrogen-bond acceptors (Lipinski definition) is 8. The Morgan fingerprint density at radius 3 is 2.02 bits per heavy atom. The molecule has 13 nitrogen and oxygen atoms in total. The molecule has 0 aromatic heterocycles. The molecule has 4 N–H and O–H groups in total. The number of carbonyl (C=O) groups is 5. The van der Waals surface area contributed by atoms with E-state index in [0.29, 0.717) is 12.8 Å². The molecule has 2 amide bonds. The number of fused-ring (bicyclic) bond motifs is 3. The van der Waals surface area contributed by atoms with Gasteiger partial charge in [0.15, 0.2) is 5.60 Å². The highest BCUT2D eigenvalue weighted by atomic mass is 16.4. The summed E-state index contributed by atoms with van der Waals surface area (Å²) in [5.41, 5.74) is 2.33. The lowest BCUT2D eigenvalue weighted by Gasteiger charge is -2.40. The fourth-order valence-electron chi connectivity index (χ4n) is 6.79. The molecule has 1 spiro atoms.